The van der Waals surface area contributed by atoms with Gasteiger partial charge in [-0.1, -0.05) is 244 Å². The first-order chi connectivity index (χ1) is 24.4. The third-order valence-corrected chi connectivity index (χ3v) is 11.0. The van der Waals surface area contributed by atoms with E-state index in [2.05, 4.69) is 17.6 Å². The topological polar surface area (TPSA) is 50.1 Å². The van der Waals surface area contributed by atoms with Crippen LogP contribution in [0.1, 0.15) is 264 Å². The largest absolute Gasteiger partial charge is 0.329 e. The molecule has 49 heavy (non-hydrogen) atoms. The first-order valence-corrected chi connectivity index (χ1v) is 23.5. The molecule has 0 saturated carbocycles. The summed E-state index contributed by atoms with van der Waals surface area (Å²) in [6.07, 6.45) is 58.4. The van der Waals surface area contributed by atoms with E-state index in [1.807, 2.05) is 0 Å². The lowest BCUT2D eigenvalue weighted by Gasteiger charge is -2.05. The molecule has 0 fully saturated rings. The highest BCUT2D eigenvalue weighted by atomic mass is 14.9. The first-order valence-electron chi connectivity index (χ1n) is 23.5. The Hall–Kier alpha value is -0.120. The van der Waals surface area contributed by atoms with Gasteiger partial charge >= 0.3 is 0 Å². The van der Waals surface area contributed by atoms with Crippen LogP contribution in [-0.2, 0) is 0 Å². The van der Waals surface area contributed by atoms with Gasteiger partial charge in [-0.3, -0.25) is 0 Å². The van der Waals surface area contributed by atoms with Gasteiger partial charge in [-0.2, -0.15) is 0 Å². The van der Waals surface area contributed by atoms with E-state index >= 15 is 0 Å². The van der Waals surface area contributed by atoms with Gasteiger partial charge in [-0.25, -0.2) is 0 Å². The lowest BCUT2D eigenvalue weighted by Crippen LogP contribution is -2.23. The van der Waals surface area contributed by atoms with Gasteiger partial charge in [0.25, 0.3) is 0 Å². The minimum atomic E-state index is 0.763. The fourth-order valence-electron chi connectivity index (χ4n) is 7.54. The Morgan fingerprint density at radius 3 is 0.571 bits per heavy atom. The SMILES string of the molecule is CCCCCNCCCCCCCCCCCCCCCCCCCCCCCCCCCCCCCCCCCCCCCNCCN. The third-order valence-electron chi connectivity index (χ3n) is 11.0. The first kappa shape index (κ1) is 48.9. The molecule has 0 atom stereocenters. The summed E-state index contributed by atoms with van der Waals surface area (Å²) >= 11 is 0. The Kier molecular flexibility index (Phi) is 47.8. The third kappa shape index (κ3) is 47.9. The van der Waals surface area contributed by atoms with Crippen molar-refractivity contribution in [3.8, 4) is 0 Å². The van der Waals surface area contributed by atoms with E-state index in [1.54, 1.807) is 0 Å². The van der Waals surface area contributed by atoms with E-state index in [1.165, 1.54) is 270 Å². The Morgan fingerprint density at radius 1 is 0.224 bits per heavy atom. The van der Waals surface area contributed by atoms with Crippen molar-refractivity contribution in [3.63, 3.8) is 0 Å². The van der Waals surface area contributed by atoms with Gasteiger partial charge in [0.2, 0.25) is 0 Å². The molecule has 0 aliphatic rings. The smallest absolute Gasteiger partial charge is 0.00745 e. The zero-order valence-electron chi connectivity index (χ0n) is 34.4. The van der Waals surface area contributed by atoms with Gasteiger partial charge in [0.05, 0.1) is 0 Å². The Bertz CT molecular complexity index is 492. The van der Waals surface area contributed by atoms with Crippen molar-refractivity contribution in [1.29, 1.82) is 0 Å². The molecule has 0 aliphatic carbocycles. The molecule has 0 amide bonds. The minimum absolute atomic E-state index is 0.763. The predicted molar refractivity (Wildman–Crippen MR) is 225 cm³/mol. The maximum absolute atomic E-state index is 5.50. The molecular weight excluding hydrogens is 595 g/mol. The second-order valence-electron chi connectivity index (χ2n) is 16.1. The highest BCUT2D eigenvalue weighted by molar-refractivity contribution is 4.55. The highest BCUT2D eigenvalue weighted by Gasteiger charge is 1.98. The monoisotopic (exact) mass is 692 g/mol. The highest BCUT2D eigenvalue weighted by Crippen LogP contribution is 2.17. The van der Waals surface area contributed by atoms with Gasteiger partial charge in [-0.15, -0.1) is 0 Å². The molecule has 3 heteroatoms. The van der Waals surface area contributed by atoms with Crippen LogP contribution in [0.4, 0.5) is 0 Å². The maximum atomic E-state index is 5.50. The second-order valence-corrected chi connectivity index (χ2v) is 16.1. The van der Waals surface area contributed by atoms with E-state index in [-0.39, 0.29) is 0 Å². The zero-order valence-corrected chi connectivity index (χ0v) is 34.4. The molecule has 0 aromatic heterocycles. The predicted octanol–water partition coefficient (Wildman–Crippen LogP) is 14.7. The van der Waals surface area contributed by atoms with E-state index in [4.69, 9.17) is 5.73 Å². The maximum Gasteiger partial charge on any atom is 0.00745 e. The summed E-state index contributed by atoms with van der Waals surface area (Å²) in [6.45, 7) is 7.63. The quantitative estimate of drug-likeness (QED) is 0.0557. The summed E-state index contributed by atoms with van der Waals surface area (Å²) in [5.74, 6) is 0. The van der Waals surface area contributed by atoms with Crippen LogP contribution in [0.25, 0.3) is 0 Å². The van der Waals surface area contributed by atoms with Gasteiger partial charge in [-0.05, 0) is 38.9 Å². The molecule has 0 unspecified atom stereocenters. The molecule has 3 nitrogen and oxygen atoms in total. The second kappa shape index (κ2) is 47.9. The van der Waals surface area contributed by atoms with Crippen molar-refractivity contribution in [2.45, 2.75) is 264 Å². The fraction of sp³-hybridized carbons (Fsp3) is 1.00. The normalized spacial score (nSPS) is 11.6. The summed E-state index contributed by atoms with van der Waals surface area (Å²) in [6, 6.07) is 0. The Labute approximate surface area is 312 Å². The minimum Gasteiger partial charge on any atom is -0.329 e. The Morgan fingerprint density at radius 2 is 0.388 bits per heavy atom. The summed E-state index contributed by atoms with van der Waals surface area (Å²) < 4.78 is 0. The number of unbranched alkanes of at least 4 members (excludes halogenated alkanes) is 38. The van der Waals surface area contributed by atoms with Crippen molar-refractivity contribution in [3.05, 3.63) is 0 Å². The van der Waals surface area contributed by atoms with Crippen LogP contribution in [0.5, 0.6) is 0 Å². The fourth-order valence-corrected chi connectivity index (χ4v) is 7.54. The van der Waals surface area contributed by atoms with Crippen LogP contribution in [0.2, 0.25) is 0 Å². The summed E-state index contributed by atoms with van der Waals surface area (Å²) in [7, 11) is 0. The van der Waals surface area contributed by atoms with Crippen molar-refractivity contribution in [2.24, 2.45) is 5.73 Å². The standard InChI is InChI=1S/C46H97N3/c1-2-3-39-43-48-44-40-37-35-33-31-29-27-25-23-21-19-17-15-13-11-9-7-5-4-6-8-10-12-14-16-18-20-22-24-26-28-30-32-34-36-38-41-45-49-46-42-47/h48-49H,2-47H2,1H3. The van der Waals surface area contributed by atoms with Crippen molar-refractivity contribution in [1.82, 2.24) is 10.6 Å². The summed E-state index contributed by atoms with van der Waals surface area (Å²) in [4.78, 5) is 0. The molecule has 296 valence electrons. The van der Waals surface area contributed by atoms with Crippen LogP contribution in [0.3, 0.4) is 0 Å². The number of hydrogen-bond acceptors (Lipinski definition) is 3. The van der Waals surface area contributed by atoms with Crippen LogP contribution in [0.15, 0.2) is 0 Å². The van der Waals surface area contributed by atoms with Crippen molar-refractivity contribution in [2.75, 3.05) is 32.7 Å². The zero-order chi connectivity index (χ0) is 35.2. The molecule has 0 aromatic carbocycles. The Balaban J connectivity index is 3.04. The average molecular weight is 692 g/mol. The molecule has 0 heterocycles. The number of hydrogen-bond donors (Lipinski definition) is 3. The van der Waals surface area contributed by atoms with Crippen LogP contribution in [-0.4, -0.2) is 32.7 Å². The number of rotatable bonds is 46. The van der Waals surface area contributed by atoms with E-state index < -0.39 is 0 Å². The van der Waals surface area contributed by atoms with Gasteiger partial charge in [0, 0.05) is 13.1 Å². The summed E-state index contributed by atoms with van der Waals surface area (Å²) in [5.41, 5.74) is 5.50. The van der Waals surface area contributed by atoms with E-state index in [0.29, 0.717) is 0 Å². The van der Waals surface area contributed by atoms with Crippen LogP contribution < -0.4 is 16.4 Å². The van der Waals surface area contributed by atoms with Crippen LogP contribution >= 0.6 is 0 Å². The summed E-state index contributed by atoms with van der Waals surface area (Å²) in [5, 5.41) is 6.99. The molecule has 4 N–H and O–H groups in total. The molecular formula is C46H97N3. The van der Waals surface area contributed by atoms with Crippen molar-refractivity contribution >= 4 is 0 Å². The molecule has 0 aromatic rings. The lowest BCUT2D eigenvalue weighted by atomic mass is 10.0. The number of nitrogens with one attached hydrogen (secondary N) is 2. The lowest BCUT2D eigenvalue weighted by molar-refractivity contribution is 0.509. The molecule has 0 spiro atoms. The van der Waals surface area contributed by atoms with Gasteiger partial charge in [0.15, 0.2) is 0 Å². The van der Waals surface area contributed by atoms with E-state index in [0.717, 1.165) is 19.6 Å². The molecule has 0 bridgehead atoms. The number of nitrogens with two attached hydrogens (primary N) is 1. The van der Waals surface area contributed by atoms with E-state index in [9.17, 15) is 0 Å². The van der Waals surface area contributed by atoms with Gasteiger partial charge < -0.3 is 16.4 Å². The molecule has 0 radical (unpaired) electrons. The van der Waals surface area contributed by atoms with Crippen molar-refractivity contribution < 1.29 is 0 Å². The average Bonchev–Trinajstić information content (AvgIpc) is 3.11. The molecule has 0 saturated heterocycles. The molecule has 0 aliphatic heterocycles. The van der Waals surface area contributed by atoms with Gasteiger partial charge in [0.1, 0.15) is 0 Å². The molecule has 0 rings (SSSR count). The van der Waals surface area contributed by atoms with Crippen LogP contribution in [0, 0.1) is 0 Å².